The Kier molecular flexibility index (Phi) is 19.4. The summed E-state index contributed by atoms with van der Waals surface area (Å²) >= 11 is 1.46. The van der Waals surface area contributed by atoms with Crippen molar-refractivity contribution in [1.29, 1.82) is 0 Å². The largest absolute Gasteiger partial charge is 0.214 e. The Bertz CT molecular complexity index is 1570. The first kappa shape index (κ1) is 41.2. The first-order valence-electron chi connectivity index (χ1n) is 17.1. The van der Waals surface area contributed by atoms with Gasteiger partial charge in [0.05, 0.1) is 0 Å². The third-order valence-corrected chi connectivity index (χ3v) is 9.48. The van der Waals surface area contributed by atoms with Crippen LogP contribution in [0, 0.1) is 0 Å². The first-order valence-corrected chi connectivity index (χ1v) is 18.3. The molecule has 0 saturated carbocycles. The zero-order valence-electron chi connectivity index (χ0n) is 29.0. The quantitative estimate of drug-likeness (QED) is 0.159. The van der Waals surface area contributed by atoms with Crippen LogP contribution in [-0.2, 0) is 24.2 Å². The van der Waals surface area contributed by atoms with Crippen LogP contribution in [0.15, 0.2) is 133 Å². The Hall–Kier alpha value is -2.97. The second kappa shape index (κ2) is 22.6. The van der Waals surface area contributed by atoms with Crippen LogP contribution in [0.25, 0.3) is 21.5 Å². The Morgan fingerprint density at radius 1 is 0.521 bits per heavy atom. The van der Waals surface area contributed by atoms with Gasteiger partial charge in [-0.1, -0.05) is 52.0 Å². The smallest absolute Gasteiger partial charge is 0.172 e. The molecular formula is C43H50Cl2N2Zr-2. The van der Waals surface area contributed by atoms with Gasteiger partial charge in [-0.3, -0.25) is 0 Å². The van der Waals surface area contributed by atoms with E-state index in [1.165, 1.54) is 97.2 Å². The van der Waals surface area contributed by atoms with Crippen molar-refractivity contribution in [3.63, 3.8) is 0 Å². The minimum atomic E-state index is 0. The van der Waals surface area contributed by atoms with Gasteiger partial charge in [-0.2, -0.15) is 18.2 Å². The number of halogens is 2. The summed E-state index contributed by atoms with van der Waals surface area (Å²) in [6.07, 6.45) is 4.75. The molecule has 0 spiro atoms. The van der Waals surface area contributed by atoms with Crippen LogP contribution in [0.1, 0.15) is 64.5 Å². The van der Waals surface area contributed by atoms with Gasteiger partial charge in [0.15, 0.2) is 0 Å². The molecule has 6 aromatic carbocycles. The number of nitrogens with zero attached hydrogens (tertiary/aromatic N) is 2. The molecule has 0 fully saturated rings. The SMILES string of the molecule is CCCN(CCC)c1ccc2[cH-]c3ccc(N(CCC)CCC)cc3c2c1.[Cl-].[Cl-].[Zr+2]=[C](c1ccccc1)c1ccccc1.c1cc[cH-]c1. The van der Waals surface area contributed by atoms with Crippen LogP contribution in [0.2, 0.25) is 0 Å². The molecular weight excluding hydrogens is 707 g/mol. The number of hydrogen-bond donors (Lipinski definition) is 0. The average molecular weight is 757 g/mol. The summed E-state index contributed by atoms with van der Waals surface area (Å²) in [6.45, 7) is 13.6. The molecule has 6 aromatic rings. The Morgan fingerprint density at radius 3 is 1.21 bits per heavy atom. The molecule has 0 atom stereocenters. The van der Waals surface area contributed by atoms with Gasteiger partial charge < -0.3 is 34.6 Å². The van der Waals surface area contributed by atoms with Crippen LogP contribution in [-0.4, -0.2) is 29.4 Å². The Balaban J connectivity index is 0.000000317. The molecule has 48 heavy (non-hydrogen) atoms. The van der Waals surface area contributed by atoms with Crippen LogP contribution < -0.4 is 34.6 Å². The molecule has 0 heterocycles. The van der Waals surface area contributed by atoms with E-state index in [0.29, 0.717) is 0 Å². The molecule has 6 rings (SSSR count). The third kappa shape index (κ3) is 11.9. The summed E-state index contributed by atoms with van der Waals surface area (Å²) in [4.78, 5) is 5.06. The molecule has 252 valence electrons. The van der Waals surface area contributed by atoms with E-state index in [-0.39, 0.29) is 24.8 Å². The zero-order chi connectivity index (χ0) is 32.6. The van der Waals surface area contributed by atoms with E-state index in [4.69, 9.17) is 0 Å². The fraction of sp³-hybridized carbons (Fsp3) is 0.279. The van der Waals surface area contributed by atoms with Crippen molar-refractivity contribution < 1.29 is 49.0 Å². The second-order valence-corrected chi connectivity index (χ2v) is 13.0. The van der Waals surface area contributed by atoms with E-state index < -0.39 is 0 Å². The standard InChI is InChI=1S/C25H35N2.C13H10.C5H5.2ClH.Zr/c1-5-13-26(14-6-2)22-11-9-20-17-21-10-12-23(19-25(21)24(20)18-22)27(15-7-3)16-8-4;1-3-7-12(8-4-1)11-13-9-5-2-6-10-13;1-2-4-5-3-1;;;/h9-12,17-19H,5-8,13-16H2,1-4H3;1-10H;1-5H;2*1H;/q-1;;-1;;;+2/p-2. The molecule has 0 bridgehead atoms. The maximum absolute atomic E-state index is 2.53. The molecule has 0 N–H and O–H groups in total. The fourth-order valence-corrected chi connectivity index (χ4v) is 6.70. The number of hydrogen-bond acceptors (Lipinski definition) is 2. The van der Waals surface area contributed by atoms with Crippen molar-refractivity contribution in [2.45, 2.75) is 53.4 Å². The summed E-state index contributed by atoms with van der Waals surface area (Å²) in [5.74, 6) is 0. The predicted molar refractivity (Wildman–Crippen MR) is 201 cm³/mol. The summed E-state index contributed by atoms with van der Waals surface area (Å²) in [5, 5.41) is 5.51. The van der Waals surface area contributed by atoms with E-state index in [1.54, 1.807) is 0 Å². The number of rotatable bonds is 12. The maximum Gasteiger partial charge on any atom is -0.172 e. The average Bonchev–Trinajstić information content (AvgIpc) is 3.81. The molecule has 0 aliphatic rings. The van der Waals surface area contributed by atoms with Crippen molar-refractivity contribution in [2.75, 3.05) is 36.0 Å². The summed E-state index contributed by atoms with van der Waals surface area (Å²) < 4.78 is 1.42. The molecule has 5 heteroatoms. The van der Waals surface area contributed by atoms with Gasteiger partial charge in [0, 0.05) is 37.6 Å². The molecule has 0 radical (unpaired) electrons. The first-order chi connectivity index (χ1) is 22.6. The molecule has 0 unspecified atom stereocenters. The van der Waals surface area contributed by atoms with Crippen LogP contribution in [0.5, 0.6) is 0 Å². The Morgan fingerprint density at radius 2 is 0.896 bits per heavy atom. The monoisotopic (exact) mass is 754 g/mol. The van der Waals surface area contributed by atoms with Gasteiger partial charge in [-0.05, 0) is 25.7 Å². The summed E-state index contributed by atoms with van der Waals surface area (Å²) in [5.41, 5.74) is 5.39. The van der Waals surface area contributed by atoms with Gasteiger partial charge in [0.1, 0.15) is 0 Å². The van der Waals surface area contributed by atoms with Crippen molar-refractivity contribution in [3.05, 3.63) is 145 Å². The van der Waals surface area contributed by atoms with Gasteiger partial charge in [0.2, 0.25) is 0 Å². The minimum Gasteiger partial charge on any atom is -0.214 e. The maximum atomic E-state index is 2.53. The number of benzene rings is 4. The Labute approximate surface area is 317 Å². The van der Waals surface area contributed by atoms with E-state index in [2.05, 4.69) is 141 Å². The van der Waals surface area contributed by atoms with Gasteiger partial charge in [-0.25, -0.2) is 12.1 Å². The second-order valence-electron chi connectivity index (χ2n) is 11.7. The van der Waals surface area contributed by atoms with Crippen molar-refractivity contribution in [1.82, 2.24) is 0 Å². The van der Waals surface area contributed by atoms with E-state index in [9.17, 15) is 0 Å². The molecule has 0 aliphatic heterocycles. The van der Waals surface area contributed by atoms with Gasteiger partial charge in [0.25, 0.3) is 0 Å². The normalized spacial score (nSPS) is 10.1. The topological polar surface area (TPSA) is 6.48 Å². The number of fused-ring (bicyclic) bond motifs is 3. The van der Waals surface area contributed by atoms with Crippen molar-refractivity contribution in [3.8, 4) is 0 Å². The van der Waals surface area contributed by atoms with Crippen LogP contribution in [0.3, 0.4) is 0 Å². The summed E-state index contributed by atoms with van der Waals surface area (Å²) in [6, 6.07) is 47.5. The third-order valence-electron chi connectivity index (χ3n) is 8.06. The predicted octanol–water partition coefficient (Wildman–Crippen LogP) is 5.18. The van der Waals surface area contributed by atoms with E-state index in [1.807, 2.05) is 30.3 Å². The van der Waals surface area contributed by atoms with Crippen molar-refractivity contribution >= 4 is 36.1 Å². The van der Waals surface area contributed by atoms with E-state index >= 15 is 0 Å². The minimum absolute atomic E-state index is 0. The van der Waals surface area contributed by atoms with Gasteiger partial charge >= 0.3 is 99.2 Å². The zero-order valence-corrected chi connectivity index (χ0v) is 33.0. The van der Waals surface area contributed by atoms with Gasteiger partial charge in [-0.15, -0.1) is 39.7 Å². The molecule has 0 saturated heterocycles. The van der Waals surface area contributed by atoms with Crippen molar-refractivity contribution in [2.24, 2.45) is 0 Å². The van der Waals surface area contributed by atoms with Crippen LogP contribution in [0.4, 0.5) is 11.4 Å². The fourth-order valence-electron chi connectivity index (χ4n) is 5.88. The molecule has 0 aromatic heterocycles. The molecule has 0 aliphatic carbocycles. The summed E-state index contributed by atoms with van der Waals surface area (Å²) in [7, 11) is 0. The van der Waals surface area contributed by atoms with E-state index in [0.717, 1.165) is 26.2 Å². The molecule has 2 nitrogen and oxygen atoms in total. The number of anilines is 2. The van der Waals surface area contributed by atoms with Crippen LogP contribution >= 0.6 is 0 Å². The molecule has 0 amide bonds.